The Bertz CT molecular complexity index is 765. The number of nitrogens with one attached hydrogen (secondary N) is 1. The van der Waals surface area contributed by atoms with Crippen LogP contribution in [0.25, 0.3) is 0 Å². The molecule has 0 aromatic heterocycles. The van der Waals surface area contributed by atoms with Gasteiger partial charge in [0.25, 0.3) is 0 Å². The van der Waals surface area contributed by atoms with Crippen LogP contribution in [0.15, 0.2) is 34.1 Å². The average Bonchev–Trinajstić information content (AvgIpc) is 2.54. The van der Waals surface area contributed by atoms with Crippen molar-refractivity contribution in [3.8, 4) is 0 Å². The molecule has 1 aromatic rings. The van der Waals surface area contributed by atoms with Gasteiger partial charge in [0.1, 0.15) is 6.54 Å². The third-order valence-corrected chi connectivity index (χ3v) is 6.83. The van der Waals surface area contributed by atoms with Gasteiger partial charge < -0.3 is 5.11 Å². The molecular formula is C13H18N2O6S2. The second-order valence-corrected chi connectivity index (χ2v) is 8.86. The van der Waals surface area contributed by atoms with Gasteiger partial charge in [0.15, 0.2) is 0 Å². The zero-order valence-electron chi connectivity index (χ0n) is 12.3. The molecule has 23 heavy (non-hydrogen) atoms. The standard InChI is InChI=1S/C13H18N2O6S2/c16-13(17)10-14-22(18,19)11-4-6-12(7-5-11)23(20,21)15-8-2-1-3-9-15/h4-7,14H,1-3,8-10H2,(H,16,17). The lowest BCUT2D eigenvalue weighted by atomic mass is 10.2. The van der Waals surface area contributed by atoms with Crippen molar-refractivity contribution in [1.82, 2.24) is 9.03 Å². The van der Waals surface area contributed by atoms with Crippen molar-refractivity contribution < 1.29 is 26.7 Å². The Kier molecular flexibility index (Phi) is 5.40. The van der Waals surface area contributed by atoms with Crippen molar-refractivity contribution in [2.24, 2.45) is 0 Å². The second-order valence-electron chi connectivity index (χ2n) is 5.15. The van der Waals surface area contributed by atoms with Gasteiger partial charge >= 0.3 is 5.97 Å². The van der Waals surface area contributed by atoms with Gasteiger partial charge in [0, 0.05) is 13.1 Å². The minimum absolute atomic E-state index is 0.0246. The predicted molar refractivity (Wildman–Crippen MR) is 81.9 cm³/mol. The quantitative estimate of drug-likeness (QED) is 0.747. The van der Waals surface area contributed by atoms with Crippen LogP contribution in [0.3, 0.4) is 0 Å². The molecule has 1 saturated heterocycles. The number of hydrogen-bond acceptors (Lipinski definition) is 5. The maximum atomic E-state index is 12.4. The summed E-state index contributed by atoms with van der Waals surface area (Å²) in [6.45, 7) is 0.182. The minimum atomic E-state index is -3.98. The fourth-order valence-electron chi connectivity index (χ4n) is 2.29. The number of carboxylic acid groups (broad SMARTS) is 1. The van der Waals surface area contributed by atoms with Crippen molar-refractivity contribution in [2.75, 3.05) is 19.6 Å². The summed E-state index contributed by atoms with van der Waals surface area (Å²) in [4.78, 5) is 10.3. The third kappa shape index (κ3) is 4.28. The van der Waals surface area contributed by atoms with E-state index in [1.54, 1.807) is 0 Å². The molecule has 1 fully saturated rings. The Morgan fingerprint density at radius 1 is 1.00 bits per heavy atom. The number of benzene rings is 1. The molecule has 0 atom stereocenters. The van der Waals surface area contributed by atoms with Crippen LogP contribution < -0.4 is 4.72 Å². The van der Waals surface area contributed by atoms with Crippen LogP contribution in [0.2, 0.25) is 0 Å². The molecule has 1 aromatic carbocycles. The smallest absolute Gasteiger partial charge is 0.318 e. The van der Waals surface area contributed by atoms with Crippen molar-refractivity contribution >= 4 is 26.0 Å². The number of hydrogen-bond donors (Lipinski definition) is 2. The van der Waals surface area contributed by atoms with Crippen LogP contribution in [0, 0.1) is 0 Å². The van der Waals surface area contributed by atoms with Crippen LogP contribution in [-0.4, -0.2) is 51.9 Å². The summed E-state index contributed by atoms with van der Waals surface area (Å²) < 4.78 is 51.9. The number of nitrogens with zero attached hydrogens (tertiary/aromatic N) is 1. The van der Waals surface area contributed by atoms with E-state index < -0.39 is 32.6 Å². The fourth-order valence-corrected chi connectivity index (χ4v) is 4.78. The first-order valence-corrected chi connectivity index (χ1v) is 9.97. The molecule has 128 valence electrons. The molecule has 0 unspecified atom stereocenters. The monoisotopic (exact) mass is 362 g/mol. The molecule has 0 amide bonds. The zero-order chi connectivity index (χ0) is 17.1. The number of sulfonamides is 2. The van der Waals surface area contributed by atoms with Crippen molar-refractivity contribution in [1.29, 1.82) is 0 Å². The lowest BCUT2D eigenvalue weighted by molar-refractivity contribution is -0.135. The third-order valence-electron chi connectivity index (χ3n) is 3.50. The summed E-state index contributed by atoms with van der Waals surface area (Å²) in [6, 6.07) is 4.75. The predicted octanol–water partition coefficient (Wildman–Crippen LogP) is 0.224. The van der Waals surface area contributed by atoms with Gasteiger partial charge in [-0.25, -0.2) is 16.8 Å². The maximum absolute atomic E-state index is 12.4. The van der Waals surface area contributed by atoms with Gasteiger partial charge in [-0.05, 0) is 37.1 Å². The maximum Gasteiger partial charge on any atom is 0.318 e. The molecule has 0 saturated carbocycles. The van der Waals surface area contributed by atoms with Gasteiger partial charge in [0.05, 0.1) is 9.79 Å². The summed E-state index contributed by atoms with van der Waals surface area (Å²) in [7, 11) is -7.61. The van der Waals surface area contributed by atoms with E-state index in [1.807, 2.05) is 4.72 Å². The lowest BCUT2D eigenvalue weighted by Gasteiger charge is -2.25. The summed E-state index contributed by atoms with van der Waals surface area (Å²) in [5.74, 6) is -1.31. The van der Waals surface area contributed by atoms with E-state index in [0.717, 1.165) is 31.4 Å². The summed E-state index contributed by atoms with van der Waals surface area (Å²) in [5.41, 5.74) is 0. The number of piperidine rings is 1. The first-order chi connectivity index (χ1) is 10.7. The highest BCUT2D eigenvalue weighted by Crippen LogP contribution is 2.21. The Morgan fingerprint density at radius 3 is 2.04 bits per heavy atom. The number of aliphatic carboxylic acids is 1. The van der Waals surface area contributed by atoms with Gasteiger partial charge in [-0.15, -0.1) is 0 Å². The first kappa shape index (κ1) is 17.9. The molecule has 1 heterocycles. The Labute approximate surface area is 135 Å². The molecule has 1 aliphatic heterocycles. The van der Waals surface area contributed by atoms with Crippen molar-refractivity contribution in [3.05, 3.63) is 24.3 Å². The number of rotatable bonds is 6. The SMILES string of the molecule is O=C(O)CNS(=O)(=O)c1ccc(S(=O)(=O)N2CCCCC2)cc1. The van der Waals surface area contributed by atoms with E-state index in [0.29, 0.717) is 13.1 Å². The van der Waals surface area contributed by atoms with Gasteiger partial charge in [-0.2, -0.15) is 9.03 Å². The Morgan fingerprint density at radius 2 is 1.52 bits per heavy atom. The molecule has 0 aliphatic carbocycles. The van der Waals surface area contributed by atoms with Crippen LogP contribution >= 0.6 is 0 Å². The topological polar surface area (TPSA) is 121 Å². The van der Waals surface area contributed by atoms with E-state index >= 15 is 0 Å². The average molecular weight is 362 g/mol. The lowest BCUT2D eigenvalue weighted by Crippen LogP contribution is -2.35. The number of carboxylic acids is 1. The van der Waals surface area contributed by atoms with E-state index in [1.165, 1.54) is 16.4 Å². The molecule has 2 rings (SSSR count). The molecule has 0 bridgehead atoms. The van der Waals surface area contributed by atoms with Crippen LogP contribution in [0.5, 0.6) is 0 Å². The molecule has 0 spiro atoms. The van der Waals surface area contributed by atoms with Crippen LogP contribution in [-0.2, 0) is 24.8 Å². The molecule has 8 nitrogen and oxygen atoms in total. The normalized spacial score (nSPS) is 17.0. The van der Waals surface area contributed by atoms with E-state index in [-0.39, 0.29) is 9.79 Å². The minimum Gasteiger partial charge on any atom is -0.480 e. The van der Waals surface area contributed by atoms with E-state index in [9.17, 15) is 21.6 Å². The molecule has 10 heteroatoms. The number of carbonyl (C=O) groups is 1. The highest BCUT2D eigenvalue weighted by molar-refractivity contribution is 7.89. The summed E-state index contributed by atoms with van der Waals surface area (Å²) >= 11 is 0. The van der Waals surface area contributed by atoms with Crippen molar-refractivity contribution in [3.63, 3.8) is 0 Å². The van der Waals surface area contributed by atoms with Crippen LogP contribution in [0.1, 0.15) is 19.3 Å². The summed E-state index contributed by atoms with van der Waals surface area (Å²) in [6.07, 6.45) is 2.62. The van der Waals surface area contributed by atoms with Crippen molar-refractivity contribution in [2.45, 2.75) is 29.1 Å². The first-order valence-electron chi connectivity index (χ1n) is 7.05. The Balaban J connectivity index is 2.20. The fraction of sp³-hybridized carbons (Fsp3) is 0.462. The second kappa shape index (κ2) is 6.95. The van der Waals surface area contributed by atoms with Gasteiger partial charge in [-0.1, -0.05) is 6.42 Å². The molecule has 0 radical (unpaired) electrons. The van der Waals surface area contributed by atoms with Gasteiger partial charge in [0.2, 0.25) is 20.0 Å². The summed E-state index contributed by atoms with van der Waals surface area (Å²) in [5, 5.41) is 8.51. The highest BCUT2D eigenvalue weighted by Gasteiger charge is 2.26. The van der Waals surface area contributed by atoms with E-state index in [4.69, 9.17) is 5.11 Å². The molecule has 2 N–H and O–H groups in total. The van der Waals surface area contributed by atoms with Crippen LogP contribution in [0.4, 0.5) is 0 Å². The zero-order valence-corrected chi connectivity index (χ0v) is 13.9. The molecular weight excluding hydrogens is 344 g/mol. The largest absolute Gasteiger partial charge is 0.480 e. The van der Waals surface area contributed by atoms with E-state index in [2.05, 4.69) is 0 Å². The Hall–Kier alpha value is -1.49. The highest BCUT2D eigenvalue weighted by atomic mass is 32.2. The molecule has 1 aliphatic rings. The van der Waals surface area contributed by atoms with Gasteiger partial charge in [-0.3, -0.25) is 4.79 Å².